The molecule has 0 aromatic rings. The van der Waals surface area contributed by atoms with E-state index in [4.69, 9.17) is 10.6 Å². The molecule has 3 N–H and O–H groups in total. The third-order valence-electron chi connectivity index (χ3n) is 1.95. The Bertz CT molecular complexity index is 223. The summed E-state index contributed by atoms with van der Waals surface area (Å²) in [6.07, 6.45) is 0. The average molecular weight is 230 g/mol. The van der Waals surface area contributed by atoms with Gasteiger partial charge >= 0.3 is 0 Å². The monoisotopic (exact) mass is 230 g/mol. The summed E-state index contributed by atoms with van der Waals surface area (Å²) in [6.45, 7) is 10.00. The van der Waals surface area contributed by atoms with Gasteiger partial charge < -0.3 is 9.64 Å². The Morgan fingerprint density at radius 1 is 1.50 bits per heavy atom. The highest BCUT2D eigenvalue weighted by Gasteiger charge is 2.16. The van der Waals surface area contributed by atoms with Crippen molar-refractivity contribution in [2.45, 2.75) is 33.7 Å². The second-order valence-electron chi connectivity index (χ2n) is 5.32. The van der Waals surface area contributed by atoms with Crippen LogP contribution in [0.2, 0.25) is 0 Å². The first-order valence-electron chi connectivity index (χ1n) is 5.54. The number of aliphatic imine (C=N–C) groups is 1. The summed E-state index contributed by atoms with van der Waals surface area (Å²) in [5.41, 5.74) is 2.84. The highest BCUT2D eigenvalue weighted by molar-refractivity contribution is 5.79. The molecule has 0 saturated heterocycles. The highest BCUT2D eigenvalue weighted by Crippen LogP contribution is 2.14. The third-order valence-corrected chi connectivity index (χ3v) is 1.95. The fourth-order valence-electron chi connectivity index (χ4n) is 1.52. The number of hydrazine groups is 1. The van der Waals surface area contributed by atoms with E-state index in [0.29, 0.717) is 12.6 Å². The van der Waals surface area contributed by atoms with Crippen molar-refractivity contribution in [3.05, 3.63) is 0 Å². The Morgan fingerprint density at radius 3 is 2.44 bits per heavy atom. The van der Waals surface area contributed by atoms with Crippen molar-refractivity contribution in [1.82, 2.24) is 10.3 Å². The number of nitrogens with two attached hydrogens (primary N) is 1. The van der Waals surface area contributed by atoms with Crippen molar-refractivity contribution >= 4 is 5.96 Å². The highest BCUT2D eigenvalue weighted by atomic mass is 16.5. The van der Waals surface area contributed by atoms with Gasteiger partial charge in [-0.05, 0) is 12.3 Å². The topological polar surface area (TPSA) is 62.9 Å². The molecule has 16 heavy (non-hydrogen) atoms. The third kappa shape index (κ3) is 6.63. The smallest absolute Gasteiger partial charge is 0.208 e. The predicted molar refractivity (Wildman–Crippen MR) is 68.2 cm³/mol. The Morgan fingerprint density at radius 2 is 2.06 bits per heavy atom. The van der Waals surface area contributed by atoms with Gasteiger partial charge in [-0.2, -0.15) is 0 Å². The maximum atomic E-state index is 5.47. The lowest BCUT2D eigenvalue weighted by Gasteiger charge is -2.29. The minimum atomic E-state index is 0.0958. The fourth-order valence-corrected chi connectivity index (χ4v) is 1.52. The van der Waals surface area contributed by atoms with E-state index in [-0.39, 0.29) is 11.5 Å². The van der Waals surface area contributed by atoms with Crippen LogP contribution in [0.5, 0.6) is 0 Å². The Kier molecular flexibility index (Phi) is 6.36. The molecule has 0 aromatic heterocycles. The molecule has 0 spiro atoms. The van der Waals surface area contributed by atoms with Crippen LogP contribution in [0.15, 0.2) is 4.99 Å². The van der Waals surface area contributed by atoms with Crippen LogP contribution in [0.4, 0.5) is 0 Å². The van der Waals surface area contributed by atoms with Gasteiger partial charge in [-0.3, -0.25) is 5.43 Å². The van der Waals surface area contributed by atoms with Crippen molar-refractivity contribution in [2.75, 3.05) is 27.3 Å². The number of ether oxygens (including phenoxy) is 1. The van der Waals surface area contributed by atoms with Crippen molar-refractivity contribution in [2.24, 2.45) is 16.3 Å². The maximum absolute atomic E-state index is 5.47. The summed E-state index contributed by atoms with van der Waals surface area (Å²) in [6, 6.07) is 0.0958. The molecule has 0 rings (SSSR count). The zero-order chi connectivity index (χ0) is 12.8. The minimum absolute atomic E-state index is 0.0958. The number of methoxy groups -OCH3 is 1. The van der Waals surface area contributed by atoms with Gasteiger partial charge in [-0.15, -0.1) is 0 Å². The van der Waals surface area contributed by atoms with Crippen LogP contribution in [0.25, 0.3) is 0 Å². The van der Waals surface area contributed by atoms with Gasteiger partial charge in [0.2, 0.25) is 5.96 Å². The molecule has 0 saturated carbocycles. The van der Waals surface area contributed by atoms with E-state index in [2.05, 4.69) is 31.2 Å². The lowest BCUT2D eigenvalue weighted by Crippen LogP contribution is -2.46. The summed E-state index contributed by atoms with van der Waals surface area (Å²) in [4.78, 5) is 6.47. The molecule has 1 unspecified atom stereocenters. The summed E-state index contributed by atoms with van der Waals surface area (Å²) in [5, 5.41) is 0. The first kappa shape index (κ1) is 15.2. The zero-order valence-corrected chi connectivity index (χ0v) is 11.4. The molecular formula is C11H26N4O. The summed E-state index contributed by atoms with van der Waals surface area (Å²) in [7, 11) is 3.64. The molecule has 0 aliphatic carbocycles. The molecule has 1 atom stereocenters. The van der Waals surface area contributed by atoms with Gasteiger partial charge in [0.05, 0.1) is 12.6 Å². The van der Waals surface area contributed by atoms with Gasteiger partial charge in [0.15, 0.2) is 0 Å². The molecule has 5 nitrogen and oxygen atoms in total. The average Bonchev–Trinajstić information content (AvgIpc) is 2.11. The molecule has 0 aromatic carbocycles. The number of hydrogen-bond donors (Lipinski definition) is 2. The van der Waals surface area contributed by atoms with E-state index in [1.165, 1.54) is 0 Å². The van der Waals surface area contributed by atoms with Gasteiger partial charge in [-0.1, -0.05) is 20.8 Å². The summed E-state index contributed by atoms with van der Waals surface area (Å²) in [5.74, 6) is 6.17. The van der Waals surface area contributed by atoms with Crippen molar-refractivity contribution in [1.29, 1.82) is 0 Å². The van der Waals surface area contributed by atoms with Gasteiger partial charge in [0, 0.05) is 20.7 Å². The molecule has 0 amide bonds. The normalized spacial score (nSPS) is 14.8. The van der Waals surface area contributed by atoms with Crippen LogP contribution in [-0.4, -0.2) is 44.2 Å². The summed E-state index contributed by atoms with van der Waals surface area (Å²) >= 11 is 0. The SMILES string of the molecule is COCC(C)N=C(NN)N(C)CC(C)(C)C. The molecule has 0 aliphatic rings. The van der Waals surface area contributed by atoms with E-state index in [0.717, 1.165) is 6.54 Å². The number of nitrogens with zero attached hydrogens (tertiary/aromatic N) is 2. The second kappa shape index (κ2) is 6.70. The van der Waals surface area contributed by atoms with Crippen LogP contribution < -0.4 is 11.3 Å². The number of guanidine groups is 1. The van der Waals surface area contributed by atoms with Gasteiger partial charge in [0.25, 0.3) is 0 Å². The second-order valence-corrected chi connectivity index (χ2v) is 5.32. The summed E-state index contributed by atoms with van der Waals surface area (Å²) < 4.78 is 5.04. The Balaban J connectivity index is 4.47. The molecule has 0 radical (unpaired) electrons. The van der Waals surface area contributed by atoms with Crippen LogP contribution in [-0.2, 0) is 4.74 Å². The number of hydrogen-bond acceptors (Lipinski definition) is 3. The van der Waals surface area contributed by atoms with Crippen molar-refractivity contribution in [3.63, 3.8) is 0 Å². The van der Waals surface area contributed by atoms with E-state index >= 15 is 0 Å². The zero-order valence-electron chi connectivity index (χ0n) is 11.4. The van der Waals surface area contributed by atoms with Gasteiger partial charge in [0.1, 0.15) is 0 Å². The van der Waals surface area contributed by atoms with Crippen molar-refractivity contribution in [3.8, 4) is 0 Å². The largest absolute Gasteiger partial charge is 0.382 e. The standard InChI is InChI=1S/C11H26N4O/c1-9(7-16-6)13-10(14-12)15(5)8-11(2,3)4/h9H,7-8,12H2,1-6H3,(H,13,14). The van der Waals surface area contributed by atoms with E-state index in [9.17, 15) is 0 Å². The van der Waals surface area contributed by atoms with Crippen LogP contribution in [0, 0.1) is 5.41 Å². The quantitative estimate of drug-likeness (QED) is 0.325. The molecule has 0 fully saturated rings. The predicted octanol–water partition coefficient (Wildman–Crippen LogP) is 0.819. The van der Waals surface area contributed by atoms with Crippen LogP contribution in [0.3, 0.4) is 0 Å². The molecule has 5 heteroatoms. The molecule has 0 aliphatic heterocycles. The number of rotatable bonds is 4. The lowest BCUT2D eigenvalue weighted by molar-refractivity contribution is 0.185. The molecule has 96 valence electrons. The van der Waals surface area contributed by atoms with Crippen LogP contribution >= 0.6 is 0 Å². The fraction of sp³-hybridized carbons (Fsp3) is 0.909. The minimum Gasteiger partial charge on any atom is -0.382 e. The van der Waals surface area contributed by atoms with E-state index < -0.39 is 0 Å². The Labute approximate surface area is 99.0 Å². The molecule has 0 heterocycles. The lowest BCUT2D eigenvalue weighted by atomic mass is 9.96. The van der Waals surface area contributed by atoms with E-state index in [1.807, 2.05) is 18.9 Å². The maximum Gasteiger partial charge on any atom is 0.208 e. The first-order chi connectivity index (χ1) is 7.30. The first-order valence-corrected chi connectivity index (χ1v) is 5.54. The molecule has 0 bridgehead atoms. The van der Waals surface area contributed by atoms with E-state index in [1.54, 1.807) is 7.11 Å². The Hall–Kier alpha value is -0.810. The van der Waals surface area contributed by atoms with Crippen LogP contribution in [0.1, 0.15) is 27.7 Å². The van der Waals surface area contributed by atoms with Gasteiger partial charge in [-0.25, -0.2) is 10.8 Å². The van der Waals surface area contributed by atoms with Crippen molar-refractivity contribution < 1.29 is 4.74 Å². The molecular weight excluding hydrogens is 204 g/mol. The number of nitrogens with one attached hydrogen (secondary N) is 1.